The van der Waals surface area contributed by atoms with E-state index in [9.17, 15) is 0 Å². The number of hydrogen-bond donors (Lipinski definition) is 1. The molecule has 0 bridgehead atoms. The highest BCUT2D eigenvalue weighted by molar-refractivity contribution is 5.53. The first-order valence-electron chi connectivity index (χ1n) is 7.10. The Morgan fingerprint density at radius 3 is 2.95 bits per heavy atom. The van der Waals surface area contributed by atoms with Crippen molar-refractivity contribution in [3.8, 4) is 0 Å². The molecule has 106 valence electrons. The number of pyridine rings is 1. The van der Waals surface area contributed by atoms with Gasteiger partial charge in [-0.05, 0) is 46.0 Å². The van der Waals surface area contributed by atoms with Crippen molar-refractivity contribution < 1.29 is 0 Å². The molecular formula is C15H26N4. The Balaban J connectivity index is 2.08. The Labute approximate surface area is 116 Å². The molecule has 4 heteroatoms. The number of likely N-dealkylation sites (tertiary alicyclic amines) is 1. The van der Waals surface area contributed by atoms with E-state index in [2.05, 4.69) is 47.2 Å². The topological polar surface area (TPSA) is 31.4 Å². The Bertz CT molecular complexity index is 419. The molecule has 1 atom stereocenters. The van der Waals surface area contributed by atoms with E-state index in [0.717, 1.165) is 24.7 Å². The van der Waals surface area contributed by atoms with Crippen molar-refractivity contribution in [1.82, 2.24) is 15.2 Å². The lowest BCUT2D eigenvalue weighted by molar-refractivity contribution is 0.396. The lowest BCUT2D eigenvalue weighted by Gasteiger charge is -2.25. The van der Waals surface area contributed by atoms with Crippen LogP contribution in [0.2, 0.25) is 0 Å². The Kier molecular flexibility index (Phi) is 4.77. The van der Waals surface area contributed by atoms with Crippen molar-refractivity contribution in [2.75, 3.05) is 45.7 Å². The van der Waals surface area contributed by atoms with E-state index in [4.69, 9.17) is 0 Å². The summed E-state index contributed by atoms with van der Waals surface area (Å²) in [5.74, 6) is 0.783. The smallest absolute Gasteiger partial charge is 0.0443 e. The summed E-state index contributed by atoms with van der Waals surface area (Å²) >= 11 is 0. The van der Waals surface area contributed by atoms with Gasteiger partial charge in [-0.1, -0.05) is 0 Å². The molecule has 4 nitrogen and oxygen atoms in total. The molecule has 19 heavy (non-hydrogen) atoms. The molecule has 1 fully saturated rings. The highest BCUT2D eigenvalue weighted by Gasteiger charge is 2.21. The SMILES string of the molecule is CNCc1cnc(C)cc1N(C)CC1CCN(C)C1. The molecule has 0 aromatic carbocycles. The quantitative estimate of drug-likeness (QED) is 0.871. The van der Waals surface area contributed by atoms with Crippen LogP contribution in [0, 0.1) is 12.8 Å². The van der Waals surface area contributed by atoms with E-state index in [1.165, 1.54) is 30.8 Å². The maximum atomic E-state index is 4.41. The van der Waals surface area contributed by atoms with E-state index in [0.29, 0.717) is 0 Å². The summed E-state index contributed by atoms with van der Waals surface area (Å²) in [6, 6.07) is 2.20. The predicted molar refractivity (Wildman–Crippen MR) is 80.6 cm³/mol. The molecule has 0 saturated carbocycles. The van der Waals surface area contributed by atoms with Crippen LogP contribution in [0.4, 0.5) is 5.69 Å². The fourth-order valence-corrected chi connectivity index (χ4v) is 2.92. The summed E-state index contributed by atoms with van der Waals surface area (Å²) < 4.78 is 0. The predicted octanol–water partition coefficient (Wildman–Crippen LogP) is 1.50. The molecule has 0 spiro atoms. The normalized spacial score (nSPS) is 19.9. The van der Waals surface area contributed by atoms with Crippen LogP contribution in [0.25, 0.3) is 0 Å². The molecule has 1 aliphatic rings. The van der Waals surface area contributed by atoms with Gasteiger partial charge in [-0.25, -0.2) is 0 Å². The van der Waals surface area contributed by atoms with Crippen LogP contribution in [0.1, 0.15) is 17.7 Å². The third-order valence-electron chi connectivity index (χ3n) is 3.90. The van der Waals surface area contributed by atoms with Gasteiger partial charge in [0.25, 0.3) is 0 Å². The summed E-state index contributed by atoms with van der Waals surface area (Å²) in [5, 5.41) is 3.22. The van der Waals surface area contributed by atoms with Gasteiger partial charge in [0.2, 0.25) is 0 Å². The molecule has 0 amide bonds. The van der Waals surface area contributed by atoms with Crippen LogP contribution in [0.3, 0.4) is 0 Å². The van der Waals surface area contributed by atoms with E-state index in [1.807, 2.05) is 13.2 Å². The van der Waals surface area contributed by atoms with Gasteiger partial charge in [-0.2, -0.15) is 0 Å². The third kappa shape index (κ3) is 3.67. The molecule has 2 heterocycles. The maximum absolute atomic E-state index is 4.41. The minimum Gasteiger partial charge on any atom is -0.374 e. The minimum absolute atomic E-state index is 0.783. The van der Waals surface area contributed by atoms with Gasteiger partial charge in [-0.15, -0.1) is 0 Å². The number of nitrogens with one attached hydrogen (secondary N) is 1. The second kappa shape index (κ2) is 6.35. The van der Waals surface area contributed by atoms with Crippen molar-refractivity contribution in [2.45, 2.75) is 19.9 Å². The summed E-state index contributed by atoms with van der Waals surface area (Å²) in [6.07, 6.45) is 3.31. The molecule has 0 radical (unpaired) electrons. The molecule has 1 aliphatic heterocycles. The minimum atomic E-state index is 0.783. The fraction of sp³-hybridized carbons (Fsp3) is 0.667. The number of hydrogen-bond acceptors (Lipinski definition) is 4. The number of rotatable bonds is 5. The first kappa shape index (κ1) is 14.3. The van der Waals surface area contributed by atoms with Crippen molar-refractivity contribution in [1.29, 1.82) is 0 Å². The Morgan fingerprint density at radius 1 is 1.53 bits per heavy atom. The molecule has 2 rings (SSSR count). The van der Waals surface area contributed by atoms with Crippen LogP contribution in [0.15, 0.2) is 12.3 Å². The van der Waals surface area contributed by atoms with Gasteiger partial charge in [-0.3, -0.25) is 4.98 Å². The first-order chi connectivity index (χ1) is 9.10. The highest BCUT2D eigenvalue weighted by Crippen LogP contribution is 2.23. The monoisotopic (exact) mass is 262 g/mol. The van der Waals surface area contributed by atoms with Crippen molar-refractivity contribution in [2.24, 2.45) is 5.92 Å². The van der Waals surface area contributed by atoms with E-state index < -0.39 is 0 Å². The maximum Gasteiger partial charge on any atom is 0.0443 e. The van der Waals surface area contributed by atoms with Gasteiger partial charge >= 0.3 is 0 Å². The largest absolute Gasteiger partial charge is 0.374 e. The number of aromatic nitrogens is 1. The van der Waals surface area contributed by atoms with Gasteiger partial charge in [0.1, 0.15) is 0 Å². The lowest BCUT2D eigenvalue weighted by atomic mass is 10.1. The van der Waals surface area contributed by atoms with E-state index >= 15 is 0 Å². The average Bonchev–Trinajstić information content (AvgIpc) is 2.77. The van der Waals surface area contributed by atoms with Crippen LogP contribution >= 0.6 is 0 Å². The zero-order valence-electron chi connectivity index (χ0n) is 12.6. The van der Waals surface area contributed by atoms with Gasteiger partial charge in [0, 0.05) is 49.8 Å². The zero-order chi connectivity index (χ0) is 13.8. The molecule has 1 aromatic heterocycles. The summed E-state index contributed by atoms with van der Waals surface area (Å²) in [5.41, 5.74) is 3.68. The second-order valence-corrected chi connectivity index (χ2v) is 5.78. The van der Waals surface area contributed by atoms with E-state index in [-0.39, 0.29) is 0 Å². The molecule has 1 aromatic rings. The summed E-state index contributed by atoms with van der Waals surface area (Å²) in [6.45, 7) is 6.51. The van der Waals surface area contributed by atoms with Crippen LogP contribution in [-0.4, -0.2) is 50.7 Å². The summed E-state index contributed by atoms with van der Waals surface area (Å²) in [7, 11) is 6.39. The molecule has 1 saturated heterocycles. The molecular weight excluding hydrogens is 236 g/mol. The third-order valence-corrected chi connectivity index (χ3v) is 3.90. The van der Waals surface area contributed by atoms with Crippen molar-refractivity contribution in [3.63, 3.8) is 0 Å². The van der Waals surface area contributed by atoms with Crippen molar-refractivity contribution in [3.05, 3.63) is 23.5 Å². The molecule has 0 aliphatic carbocycles. The van der Waals surface area contributed by atoms with Crippen molar-refractivity contribution >= 4 is 5.69 Å². The molecule has 1 unspecified atom stereocenters. The van der Waals surface area contributed by atoms with Crippen LogP contribution in [0.5, 0.6) is 0 Å². The van der Waals surface area contributed by atoms with Crippen LogP contribution < -0.4 is 10.2 Å². The lowest BCUT2D eigenvalue weighted by Crippen LogP contribution is -2.28. The van der Waals surface area contributed by atoms with E-state index in [1.54, 1.807) is 0 Å². The fourth-order valence-electron chi connectivity index (χ4n) is 2.92. The summed E-state index contributed by atoms with van der Waals surface area (Å²) in [4.78, 5) is 9.23. The Hall–Kier alpha value is -1.13. The average molecular weight is 262 g/mol. The second-order valence-electron chi connectivity index (χ2n) is 5.78. The van der Waals surface area contributed by atoms with Gasteiger partial charge in [0.15, 0.2) is 0 Å². The Morgan fingerprint density at radius 2 is 2.32 bits per heavy atom. The zero-order valence-corrected chi connectivity index (χ0v) is 12.6. The molecule has 1 N–H and O–H groups in total. The number of aryl methyl sites for hydroxylation is 1. The van der Waals surface area contributed by atoms with Crippen LogP contribution in [-0.2, 0) is 6.54 Å². The van der Waals surface area contributed by atoms with Gasteiger partial charge < -0.3 is 15.1 Å². The first-order valence-corrected chi connectivity index (χ1v) is 7.10. The van der Waals surface area contributed by atoms with Gasteiger partial charge in [0.05, 0.1) is 0 Å². The highest BCUT2D eigenvalue weighted by atomic mass is 15.2. The number of anilines is 1. The number of nitrogens with zero attached hydrogens (tertiary/aromatic N) is 3. The standard InChI is InChI=1S/C15H26N4/c1-12-7-15(14(8-16-2)9-17-12)19(4)11-13-5-6-18(3)10-13/h7,9,13,16H,5-6,8,10-11H2,1-4H3.